The highest BCUT2D eigenvalue weighted by Gasteiger charge is 2.22. The van der Waals surface area contributed by atoms with Crippen LogP contribution in [0.5, 0.6) is 0 Å². The summed E-state index contributed by atoms with van der Waals surface area (Å²) < 4.78 is 5.23. The molecule has 0 unspecified atom stereocenters. The van der Waals surface area contributed by atoms with Gasteiger partial charge in [-0.15, -0.1) is 22.7 Å². The minimum absolute atomic E-state index is 0.0878. The van der Waals surface area contributed by atoms with Crippen molar-refractivity contribution in [3.63, 3.8) is 0 Å². The molecule has 8 aromatic carbocycles. The average molecular weight is 899 g/mol. The van der Waals surface area contributed by atoms with E-state index in [2.05, 4.69) is 251 Å². The molecule has 2 aromatic heterocycles. The number of anilines is 6. The summed E-state index contributed by atoms with van der Waals surface area (Å²) in [5.41, 5.74) is 12.7. The van der Waals surface area contributed by atoms with E-state index in [-0.39, 0.29) is 21.7 Å². The Balaban J connectivity index is 1.04. The normalized spacial score (nSPS) is 12.8. The molecule has 0 fully saturated rings. The summed E-state index contributed by atoms with van der Waals surface area (Å²) in [6.07, 6.45) is 0. The van der Waals surface area contributed by atoms with Crippen molar-refractivity contribution in [3.05, 3.63) is 180 Å². The third-order valence-electron chi connectivity index (χ3n) is 13.5. The number of hydrogen-bond donors (Lipinski definition) is 0. The van der Waals surface area contributed by atoms with Crippen LogP contribution in [-0.4, -0.2) is 0 Å². The number of rotatable bonds is 6. The fourth-order valence-corrected chi connectivity index (χ4v) is 11.7. The first-order chi connectivity index (χ1) is 31.2. The third-order valence-corrected chi connectivity index (χ3v) is 15.7. The van der Waals surface area contributed by atoms with E-state index in [1.54, 1.807) is 0 Å². The molecule has 332 valence electrons. The zero-order chi connectivity index (χ0) is 46.5. The lowest BCUT2D eigenvalue weighted by Crippen LogP contribution is -2.14. The van der Waals surface area contributed by atoms with Gasteiger partial charge >= 0.3 is 0 Å². The van der Waals surface area contributed by atoms with E-state index in [1.807, 2.05) is 22.7 Å². The Hall–Kier alpha value is -5.94. The molecule has 4 heteroatoms. The van der Waals surface area contributed by atoms with Gasteiger partial charge in [-0.25, -0.2) is 0 Å². The number of benzene rings is 8. The predicted octanol–water partition coefficient (Wildman–Crippen LogP) is 19.7. The smallest absolute Gasteiger partial charge is 0.0476 e. The van der Waals surface area contributed by atoms with Crippen molar-refractivity contribution in [2.24, 2.45) is 0 Å². The summed E-state index contributed by atoms with van der Waals surface area (Å²) in [7, 11) is 0. The van der Waals surface area contributed by atoms with Crippen molar-refractivity contribution < 1.29 is 0 Å². The molecule has 10 aromatic rings. The Morgan fingerprint density at radius 1 is 0.258 bits per heavy atom. The van der Waals surface area contributed by atoms with Crippen molar-refractivity contribution in [3.8, 4) is 0 Å². The first kappa shape index (κ1) is 43.9. The summed E-state index contributed by atoms with van der Waals surface area (Å²) in [6, 6.07) is 60.3. The lowest BCUT2D eigenvalue weighted by atomic mass is 9.86. The van der Waals surface area contributed by atoms with E-state index >= 15 is 0 Å². The second-order valence-corrected chi connectivity index (χ2v) is 24.6. The number of nitrogens with zero attached hydrogens (tertiary/aromatic N) is 2. The number of fused-ring (bicyclic) bond motifs is 7. The van der Waals surface area contributed by atoms with Gasteiger partial charge in [0.25, 0.3) is 0 Å². The first-order valence-electron chi connectivity index (χ1n) is 23.5. The van der Waals surface area contributed by atoms with Crippen molar-refractivity contribution in [2.75, 3.05) is 9.80 Å². The van der Waals surface area contributed by atoms with Crippen LogP contribution in [0.3, 0.4) is 0 Å². The van der Waals surface area contributed by atoms with E-state index in [1.165, 1.54) is 84.7 Å². The molecule has 0 saturated heterocycles. The maximum absolute atomic E-state index is 2.43. The molecule has 0 aliphatic carbocycles. The average Bonchev–Trinajstić information content (AvgIpc) is 3.80. The van der Waals surface area contributed by atoms with Crippen LogP contribution in [0, 0.1) is 0 Å². The van der Waals surface area contributed by atoms with Gasteiger partial charge in [0.15, 0.2) is 0 Å². The summed E-state index contributed by atoms with van der Waals surface area (Å²) >= 11 is 3.79. The lowest BCUT2D eigenvalue weighted by molar-refractivity contribution is 0.590. The highest BCUT2D eigenvalue weighted by atomic mass is 32.1. The molecule has 0 bridgehead atoms. The van der Waals surface area contributed by atoms with Crippen molar-refractivity contribution in [2.45, 2.75) is 105 Å². The molecule has 2 nitrogen and oxygen atoms in total. The fraction of sp³-hybridized carbons (Fsp3) is 0.258. The summed E-state index contributed by atoms with van der Waals surface area (Å²) in [5.74, 6) is 0. The van der Waals surface area contributed by atoms with E-state index < -0.39 is 0 Å². The third kappa shape index (κ3) is 8.18. The molecule has 0 aliphatic heterocycles. The van der Waals surface area contributed by atoms with Crippen LogP contribution in [0.4, 0.5) is 34.1 Å². The second kappa shape index (κ2) is 15.9. The summed E-state index contributed by atoms with van der Waals surface area (Å²) in [4.78, 5) is 4.82. The molecule has 0 amide bonds. The summed E-state index contributed by atoms with van der Waals surface area (Å²) in [5, 5.41) is 7.80. The van der Waals surface area contributed by atoms with E-state index in [4.69, 9.17) is 0 Å². The van der Waals surface area contributed by atoms with E-state index in [9.17, 15) is 0 Å². The molecule has 0 N–H and O–H groups in total. The molecule has 0 spiro atoms. The molecule has 66 heavy (non-hydrogen) atoms. The molecule has 0 aliphatic rings. The van der Waals surface area contributed by atoms with Gasteiger partial charge < -0.3 is 9.80 Å². The Bertz CT molecular complexity index is 3070. The summed E-state index contributed by atoms with van der Waals surface area (Å²) in [6.45, 7) is 27.3. The maximum atomic E-state index is 2.43. The van der Waals surface area contributed by atoms with E-state index in [0.29, 0.717) is 0 Å². The molecule has 0 saturated carbocycles. The number of hydrogen-bond acceptors (Lipinski definition) is 4. The van der Waals surface area contributed by atoms with Gasteiger partial charge in [0.2, 0.25) is 0 Å². The zero-order valence-electron chi connectivity index (χ0n) is 40.7. The van der Waals surface area contributed by atoms with Gasteiger partial charge in [-0.05, 0) is 152 Å². The van der Waals surface area contributed by atoms with Crippen LogP contribution >= 0.6 is 22.7 Å². The van der Waals surface area contributed by atoms with Crippen molar-refractivity contribution in [1.82, 2.24) is 0 Å². The highest BCUT2D eigenvalue weighted by molar-refractivity contribution is 7.26. The van der Waals surface area contributed by atoms with Crippen LogP contribution in [0.1, 0.15) is 105 Å². The minimum atomic E-state index is 0.0878. The van der Waals surface area contributed by atoms with Crippen LogP contribution < -0.4 is 9.80 Å². The predicted molar refractivity (Wildman–Crippen MR) is 294 cm³/mol. The van der Waals surface area contributed by atoms with Gasteiger partial charge in [0.05, 0.1) is 0 Å². The van der Waals surface area contributed by atoms with Crippen LogP contribution in [0.25, 0.3) is 51.1 Å². The zero-order valence-corrected chi connectivity index (χ0v) is 42.4. The van der Waals surface area contributed by atoms with Crippen LogP contribution in [0.15, 0.2) is 158 Å². The topological polar surface area (TPSA) is 6.48 Å². The molecule has 0 atom stereocenters. The van der Waals surface area contributed by atoms with Crippen LogP contribution in [0.2, 0.25) is 0 Å². The lowest BCUT2D eigenvalue weighted by Gasteiger charge is -2.28. The maximum Gasteiger partial charge on any atom is 0.0476 e. The fourth-order valence-electron chi connectivity index (χ4n) is 9.39. The van der Waals surface area contributed by atoms with Crippen molar-refractivity contribution in [1.29, 1.82) is 0 Å². The van der Waals surface area contributed by atoms with Gasteiger partial charge in [-0.3, -0.25) is 0 Å². The quantitative estimate of drug-likeness (QED) is 0.164. The largest absolute Gasteiger partial charge is 0.310 e. The standard InChI is InChI=1S/C62H62N2S2/c1-59(2,3)41-13-21-45(22-14-41)63(46-23-15-42(16-24-46)60(4,5)6)49-29-31-51-53-33-39-34-54-52-32-30-50(38-58(52)66-56(54)36-40(39)35-55(53)65-57(51)37-49)64(47-25-17-43(18-26-47)61(7,8)9)48-27-19-44(20-28-48)62(10,11)12/h13-38H,1-12H3. The Morgan fingerprint density at radius 3 is 0.773 bits per heavy atom. The SMILES string of the molecule is CC(C)(C)c1ccc(N(c2ccc(C(C)(C)C)cc2)c2ccc3c(c2)sc2cc4cc5sc6cc(N(c7ccc(C(C)(C)C)cc7)c7ccc(C(C)(C)C)cc7)ccc6c5cc4cc23)cc1. The van der Waals surface area contributed by atoms with Gasteiger partial charge in [0.1, 0.15) is 0 Å². The second-order valence-electron chi connectivity index (χ2n) is 22.5. The molecule has 0 radical (unpaired) electrons. The molecular weight excluding hydrogens is 837 g/mol. The monoisotopic (exact) mass is 898 g/mol. The van der Waals surface area contributed by atoms with Gasteiger partial charge in [-0.1, -0.05) is 144 Å². The Morgan fingerprint density at radius 2 is 0.500 bits per heavy atom. The molecule has 10 rings (SSSR count). The van der Waals surface area contributed by atoms with E-state index in [0.717, 1.165) is 22.7 Å². The highest BCUT2D eigenvalue weighted by Crippen LogP contribution is 2.46. The molecular formula is C62H62N2S2. The minimum Gasteiger partial charge on any atom is -0.310 e. The van der Waals surface area contributed by atoms with Gasteiger partial charge in [-0.2, -0.15) is 0 Å². The Labute approximate surface area is 400 Å². The van der Waals surface area contributed by atoms with Crippen molar-refractivity contribution >= 4 is 108 Å². The van der Waals surface area contributed by atoms with Crippen LogP contribution in [-0.2, 0) is 21.7 Å². The van der Waals surface area contributed by atoms with Gasteiger partial charge in [0, 0.05) is 74.5 Å². The number of thiophene rings is 2. The first-order valence-corrected chi connectivity index (χ1v) is 25.1. The molecule has 2 heterocycles. The Kier molecular flexibility index (Phi) is 10.6.